The molecule has 0 aliphatic carbocycles. The van der Waals surface area contributed by atoms with E-state index in [1.54, 1.807) is 0 Å². The van der Waals surface area contributed by atoms with Crippen molar-refractivity contribution in [2.24, 2.45) is 0 Å². The summed E-state index contributed by atoms with van der Waals surface area (Å²) in [7, 11) is 1.36. The molecule has 102 valence electrons. The van der Waals surface area contributed by atoms with Gasteiger partial charge in [-0.25, -0.2) is 9.97 Å². The van der Waals surface area contributed by atoms with Gasteiger partial charge in [0.1, 0.15) is 22.8 Å². The van der Waals surface area contributed by atoms with Crippen LogP contribution in [0.2, 0.25) is 0 Å². The van der Waals surface area contributed by atoms with E-state index in [-0.39, 0.29) is 11.2 Å². The topological polar surface area (TPSA) is 29.0 Å². The fourth-order valence-corrected chi connectivity index (χ4v) is 1.66. The van der Waals surface area contributed by atoms with E-state index in [4.69, 9.17) is 0 Å². The number of aromatic nitrogens is 2. The number of halogens is 4. The van der Waals surface area contributed by atoms with Crippen molar-refractivity contribution >= 4 is 21.7 Å². The van der Waals surface area contributed by atoms with Crippen LogP contribution in [0.15, 0.2) is 10.7 Å². The Hall–Kier alpha value is -0.850. The van der Waals surface area contributed by atoms with Crippen LogP contribution in [-0.4, -0.2) is 29.7 Å². The SMILES string of the molecule is CN(CC(F)(F)F)c1cc(Br)nc(C(C)(C)C)n1. The van der Waals surface area contributed by atoms with Gasteiger partial charge in [-0.2, -0.15) is 13.2 Å². The van der Waals surface area contributed by atoms with Gasteiger partial charge >= 0.3 is 6.18 Å². The first kappa shape index (κ1) is 15.2. The fourth-order valence-electron chi connectivity index (χ4n) is 1.29. The molecular formula is C11H15BrF3N3. The van der Waals surface area contributed by atoms with E-state index in [0.29, 0.717) is 10.4 Å². The van der Waals surface area contributed by atoms with Crippen LogP contribution in [0.3, 0.4) is 0 Å². The molecule has 0 spiro atoms. The first-order chi connectivity index (χ1) is 7.99. The smallest absolute Gasteiger partial charge is 0.350 e. The largest absolute Gasteiger partial charge is 0.405 e. The first-order valence-electron chi connectivity index (χ1n) is 5.32. The maximum Gasteiger partial charge on any atom is 0.405 e. The molecule has 0 atom stereocenters. The lowest BCUT2D eigenvalue weighted by Gasteiger charge is -2.23. The van der Waals surface area contributed by atoms with Crippen LogP contribution in [0, 0.1) is 0 Å². The molecule has 18 heavy (non-hydrogen) atoms. The standard InChI is InChI=1S/C11H15BrF3N3/c1-10(2,3)9-16-7(12)5-8(17-9)18(4)6-11(13,14)15/h5H,6H2,1-4H3. The molecular weight excluding hydrogens is 311 g/mol. The zero-order valence-corrected chi connectivity index (χ0v) is 12.2. The molecule has 1 aromatic rings. The number of hydrogen-bond acceptors (Lipinski definition) is 3. The Bertz CT molecular complexity index is 427. The van der Waals surface area contributed by atoms with Crippen molar-refractivity contribution < 1.29 is 13.2 Å². The van der Waals surface area contributed by atoms with Crippen LogP contribution in [0.25, 0.3) is 0 Å². The van der Waals surface area contributed by atoms with Gasteiger partial charge in [-0.15, -0.1) is 0 Å². The average molecular weight is 326 g/mol. The Morgan fingerprint density at radius 2 is 1.78 bits per heavy atom. The maximum atomic E-state index is 12.3. The van der Waals surface area contributed by atoms with Gasteiger partial charge in [0.15, 0.2) is 0 Å². The lowest BCUT2D eigenvalue weighted by Crippen LogP contribution is -2.32. The number of rotatable bonds is 2. The molecule has 0 N–H and O–H groups in total. The van der Waals surface area contributed by atoms with E-state index < -0.39 is 12.7 Å². The maximum absolute atomic E-state index is 12.3. The molecule has 0 bridgehead atoms. The lowest BCUT2D eigenvalue weighted by molar-refractivity contribution is -0.119. The van der Waals surface area contributed by atoms with Gasteiger partial charge in [-0.3, -0.25) is 0 Å². The lowest BCUT2D eigenvalue weighted by atomic mass is 9.96. The third-order valence-electron chi connectivity index (χ3n) is 2.16. The molecule has 1 aromatic heterocycles. The fraction of sp³-hybridized carbons (Fsp3) is 0.636. The summed E-state index contributed by atoms with van der Waals surface area (Å²) in [6.45, 7) is 4.67. The second-order valence-electron chi connectivity index (χ2n) is 5.09. The Labute approximate surface area is 113 Å². The summed E-state index contributed by atoms with van der Waals surface area (Å²) in [5.41, 5.74) is -0.322. The number of nitrogens with zero attached hydrogens (tertiary/aromatic N) is 3. The zero-order chi connectivity index (χ0) is 14.1. The van der Waals surface area contributed by atoms with Crippen LogP contribution in [0.5, 0.6) is 0 Å². The Kier molecular flexibility index (Phi) is 4.25. The molecule has 0 unspecified atom stereocenters. The highest BCUT2D eigenvalue weighted by molar-refractivity contribution is 9.10. The van der Waals surface area contributed by atoms with Crippen molar-refractivity contribution in [3.8, 4) is 0 Å². The molecule has 3 nitrogen and oxygen atoms in total. The summed E-state index contributed by atoms with van der Waals surface area (Å²) < 4.78 is 37.5. The molecule has 0 aliphatic rings. The molecule has 1 heterocycles. The quantitative estimate of drug-likeness (QED) is 0.779. The summed E-state index contributed by atoms with van der Waals surface area (Å²) in [6, 6.07) is 1.47. The average Bonchev–Trinajstić information content (AvgIpc) is 2.12. The van der Waals surface area contributed by atoms with Crippen LogP contribution in [0.1, 0.15) is 26.6 Å². The van der Waals surface area contributed by atoms with E-state index in [1.165, 1.54) is 13.1 Å². The van der Waals surface area contributed by atoms with Crippen LogP contribution in [-0.2, 0) is 5.41 Å². The molecule has 0 saturated carbocycles. The van der Waals surface area contributed by atoms with E-state index in [2.05, 4.69) is 25.9 Å². The van der Waals surface area contributed by atoms with E-state index >= 15 is 0 Å². The van der Waals surface area contributed by atoms with Crippen molar-refractivity contribution in [1.82, 2.24) is 9.97 Å². The highest BCUT2D eigenvalue weighted by atomic mass is 79.9. The first-order valence-corrected chi connectivity index (χ1v) is 6.11. The van der Waals surface area contributed by atoms with Crippen molar-refractivity contribution in [3.63, 3.8) is 0 Å². The van der Waals surface area contributed by atoms with Gasteiger partial charge in [0.2, 0.25) is 0 Å². The minimum atomic E-state index is -4.26. The highest BCUT2D eigenvalue weighted by Gasteiger charge is 2.30. The normalized spacial score (nSPS) is 12.7. The Morgan fingerprint density at radius 1 is 1.22 bits per heavy atom. The van der Waals surface area contributed by atoms with Gasteiger partial charge < -0.3 is 4.90 Å². The van der Waals surface area contributed by atoms with Gasteiger partial charge in [-0.05, 0) is 15.9 Å². The number of alkyl halides is 3. The van der Waals surface area contributed by atoms with Crippen molar-refractivity contribution in [2.75, 3.05) is 18.5 Å². The molecule has 0 saturated heterocycles. The summed E-state index contributed by atoms with van der Waals surface area (Å²) in [5, 5.41) is 0. The van der Waals surface area contributed by atoms with Crippen LogP contribution in [0.4, 0.5) is 19.0 Å². The van der Waals surface area contributed by atoms with Crippen molar-refractivity contribution in [1.29, 1.82) is 0 Å². The molecule has 1 rings (SSSR count). The third kappa shape index (κ3) is 4.44. The van der Waals surface area contributed by atoms with Gasteiger partial charge in [0, 0.05) is 18.5 Å². The molecule has 0 radical (unpaired) electrons. The number of anilines is 1. The molecule has 0 aromatic carbocycles. The highest BCUT2D eigenvalue weighted by Crippen LogP contribution is 2.25. The minimum Gasteiger partial charge on any atom is -0.350 e. The van der Waals surface area contributed by atoms with E-state index in [0.717, 1.165) is 4.90 Å². The molecule has 7 heteroatoms. The minimum absolute atomic E-state index is 0.249. The Morgan fingerprint density at radius 3 is 2.22 bits per heavy atom. The summed E-state index contributed by atoms with van der Waals surface area (Å²) in [5.74, 6) is 0.750. The predicted octanol–water partition coefficient (Wildman–Crippen LogP) is 3.54. The van der Waals surface area contributed by atoms with Crippen LogP contribution < -0.4 is 4.90 Å². The van der Waals surface area contributed by atoms with E-state index in [1.807, 2.05) is 20.8 Å². The van der Waals surface area contributed by atoms with Gasteiger partial charge in [0.25, 0.3) is 0 Å². The second-order valence-corrected chi connectivity index (χ2v) is 5.91. The zero-order valence-electron chi connectivity index (χ0n) is 10.6. The van der Waals surface area contributed by atoms with Crippen molar-refractivity contribution in [2.45, 2.75) is 32.4 Å². The van der Waals surface area contributed by atoms with Crippen molar-refractivity contribution in [3.05, 3.63) is 16.5 Å². The van der Waals surface area contributed by atoms with Gasteiger partial charge in [0.05, 0.1) is 0 Å². The Balaban J connectivity index is 3.07. The number of hydrogen-bond donors (Lipinski definition) is 0. The second kappa shape index (κ2) is 5.03. The van der Waals surface area contributed by atoms with E-state index in [9.17, 15) is 13.2 Å². The van der Waals surface area contributed by atoms with Crippen LogP contribution >= 0.6 is 15.9 Å². The summed E-state index contributed by atoms with van der Waals surface area (Å²) >= 11 is 3.19. The van der Waals surface area contributed by atoms with Gasteiger partial charge in [-0.1, -0.05) is 20.8 Å². The molecule has 0 fully saturated rings. The summed E-state index contributed by atoms with van der Waals surface area (Å²) in [6.07, 6.45) is -4.26. The summed E-state index contributed by atoms with van der Waals surface area (Å²) in [4.78, 5) is 9.41. The monoisotopic (exact) mass is 325 g/mol. The predicted molar refractivity (Wildman–Crippen MR) is 67.8 cm³/mol. The third-order valence-corrected chi connectivity index (χ3v) is 2.57. The molecule has 0 amide bonds. The molecule has 0 aliphatic heterocycles.